The third-order valence-corrected chi connectivity index (χ3v) is 5.66. The number of aromatic hydroxyl groups is 1. The molecule has 28 heavy (non-hydrogen) atoms. The second-order valence-corrected chi connectivity index (χ2v) is 7.08. The number of phenolic OH excluding ortho intramolecular Hbond substituents is 1. The van der Waals surface area contributed by atoms with Crippen LogP contribution < -0.4 is 0 Å². The lowest BCUT2D eigenvalue weighted by atomic mass is 9.59. The summed E-state index contributed by atoms with van der Waals surface area (Å²) in [6, 6.07) is 33.3. The molecule has 0 spiro atoms. The zero-order valence-electron chi connectivity index (χ0n) is 15.2. The van der Waals surface area contributed by atoms with Crippen molar-refractivity contribution >= 4 is 5.78 Å². The predicted molar refractivity (Wildman–Crippen MR) is 110 cm³/mol. The predicted octanol–water partition coefficient (Wildman–Crippen LogP) is 5.32. The number of hydrogen-bond acceptors (Lipinski definition) is 2. The van der Waals surface area contributed by atoms with Gasteiger partial charge in [-0.25, -0.2) is 0 Å². The second-order valence-electron chi connectivity index (χ2n) is 7.08. The van der Waals surface area contributed by atoms with E-state index in [1.54, 1.807) is 12.1 Å². The summed E-state index contributed by atoms with van der Waals surface area (Å²) in [7, 11) is 0. The minimum absolute atomic E-state index is 0.0523. The van der Waals surface area contributed by atoms with E-state index in [1.165, 1.54) is 0 Å². The number of ketones is 1. The van der Waals surface area contributed by atoms with Crippen LogP contribution in [0.5, 0.6) is 5.75 Å². The van der Waals surface area contributed by atoms with Gasteiger partial charge >= 0.3 is 0 Å². The lowest BCUT2D eigenvalue weighted by Crippen LogP contribution is -2.38. The van der Waals surface area contributed by atoms with Gasteiger partial charge in [-0.15, -0.1) is 0 Å². The van der Waals surface area contributed by atoms with E-state index in [0.717, 1.165) is 33.4 Å². The topological polar surface area (TPSA) is 37.3 Å². The van der Waals surface area contributed by atoms with E-state index in [-0.39, 0.29) is 11.5 Å². The average molecular weight is 362 g/mol. The van der Waals surface area contributed by atoms with Crippen molar-refractivity contribution in [3.8, 4) is 5.75 Å². The normalized spacial score (nSPS) is 14.2. The molecule has 0 saturated heterocycles. The fraction of sp³-hybridized carbons (Fsp3) is 0.0385. The van der Waals surface area contributed by atoms with E-state index in [9.17, 15) is 9.90 Å². The lowest BCUT2D eigenvalue weighted by molar-refractivity contribution is 0.103. The molecule has 5 rings (SSSR count). The lowest BCUT2D eigenvalue weighted by Gasteiger charge is -2.41. The molecule has 0 aromatic heterocycles. The van der Waals surface area contributed by atoms with Gasteiger partial charge in [0.15, 0.2) is 5.78 Å². The molecule has 0 aliphatic heterocycles. The molecule has 1 aliphatic rings. The summed E-state index contributed by atoms with van der Waals surface area (Å²) in [6.07, 6.45) is 0. The van der Waals surface area contributed by atoms with Crippen molar-refractivity contribution in [2.45, 2.75) is 5.41 Å². The molecule has 4 aromatic carbocycles. The number of benzene rings is 4. The molecule has 134 valence electrons. The Hall–Kier alpha value is -3.65. The number of carbonyl (C=O) groups is 1. The van der Waals surface area contributed by atoms with Crippen LogP contribution in [-0.2, 0) is 5.41 Å². The SMILES string of the molecule is O=C1c2ccccc2C(c2ccccc2)(c2ccc(O)cc2)c2ccccc21. The van der Waals surface area contributed by atoms with Crippen molar-refractivity contribution < 1.29 is 9.90 Å². The van der Waals surface area contributed by atoms with E-state index >= 15 is 0 Å². The van der Waals surface area contributed by atoms with E-state index < -0.39 is 5.41 Å². The Morgan fingerprint density at radius 2 is 1.00 bits per heavy atom. The maximum absolute atomic E-state index is 13.3. The van der Waals surface area contributed by atoms with Gasteiger partial charge in [0.25, 0.3) is 0 Å². The molecule has 0 atom stereocenters. The van der Waals surface area contributed by atoms with E-state index in [2.05, 4.69) is 12.1 Å². The fourth-order valence-corrected chi connectivity index (χ4v) is 4.49. The highest BCUT2D eigenvalue weighted by Crippen LogP contribution is 2.50. The van der Waals surface area contributed by atoms with Crippen molar-refractivity contribution in [1.29, 1.82) is 0 Å². The second kappa shape index (κ2) is 6.21. The number of carbonyl (C=O) groups excluding carboxylic acids is 1. The Kier molecular flexibility index (Phi) is 3.66. The molecule has 0 radical (unpaired) electrons. The molecular weight excluding hydrogens is 344 g/mol. The highest BCUT2D eigenvalue weighted by atomic mass is 16.3. The quantitative estimate of drug-likeness (QED) is 0.461. The van der Waals surface area contributed by atoms with Crippen molar-refractivity contribution in [3.05, 3.63) is 137 Å². The summed E-state index contributed by atoms with van der Waals surface area (Å²) in [6.45, 7) is 0. The minimum atomic E-state index is -0.629. The van der Waals surface area contributed by atoms with Crippen LogP contribution in [0, 0.1) is 0 Å². The smallest absolute Gasteiger partial charge is 0.193 e. The van der Waals surface area contributed by atoms with Crippen LogP contribution in [0.25, 0.3) is 0 Å². The van der Waals surface area contributed by atoms with Gasteiger partial charge in [0, 0.05) is 11.1 Å². The van der Waals surface area contributed by atoms with Gasteiger partial charge in [-0.2, -0.15) is 0 Å². The van der Waals surface area contributed by atoms with Crippen molar-refractivity contribution in [1.82, 2.24) is 0 Å². The average Bonchev–Trinajstić information content (AvgIpc) is 2.76. The summed E-state index contributed by atoms with van der Waals surface area (Å²) in [5, 5.41) is 9.89. The van der Waals surface area contributed by atoms with Crippen LogP contribution in [0.15, 0.2) is 103 Å². The van der Waals surface area contributed by atoms with Gasteiger partial charge in [0.05, 0.1) is 5.41 Å². The summed E-state index contributed by atoms with van der Waals surface area (Å²) in [5.41, 5.74) is 4.86. The van der Waals surface area contributed by atoms with Gasteiger partial charge in [-0.3, -0.25) is 4.79 Å². The first-order valence-electron chi connectivity index (χ1n) is 9.31. The fourth-order valence-electron chi connectivity index (χ4n) is 4.49. The van der Waals surface area contributed by atoms with Crippen molar-refractivity contribution in [2.75, 3.05) is 0 Å². The van der Waals surface area contributed by atoms with Crippen LogP contribution in [0.2, 0.25) is 0 Å². The molecule has 2 nitrogen and oxygen atoms in total. The van der Waals surface area contributed by atoms with E-state index in [0.29, 0.717) is 0 Å². The Morgan fingerprint density at radius 3 is 1.57 bits per heavy atom. The number of fused-ring (bicyclic) bond motifs is 2. The Labute approximate surface area is 163 Å². The van der Waals surface area contributed by atoms with Crippen LogP contribution in [0.4, 0.5) is 0 Å². The molecule has 1 aliphatic carbocycles. The van der Waals surface area contributed by atoms with Crippen molar-refractivity contribution in [3.63, 3.8) is 0 Å². The van der Waals surface area contributed by atoms with Crippen LogP contribution in [0.3, 0.4) is 0 Å². The summed E-state index contributed by atoms with van der Waals surface area (Å²) in [4.78, 5) is 13.3. The Balaban J connectivity index is 1.99. The molecule has 0 saturated carbocycles. The third kappa shape index (κ3) is 2.18. The molecule has 0 heterocycles. The van der Waals surface area contributed by atoms with Gasteiger partial charge < -0.3 is 5.11 Å². The molecular formula is C26H18O2. The van der Waals surface area contributed by atoms with Crippen LogP contribution >= 0.6 is 0 Å². The molecule has 2 heteroatoms. The van der Waals surface area contributed by atoms with E-state index in [1.807, 2.05) is 78.9 Å². The highest BCUT2D eigenvalue weighted by Gasteiger charge is 2.45. The summed E-state index contributed by atoms with van der Waals surface area (Å²) >= 11 is 0. The molecule has 1 N–H and O–H groups in total. The van der Waals surface area contributed by atoms with Gasteiger partial charge in [0.2, 0.25) is 0 Å². The van der Waals surface area contributed by atoms with Gasteiger partial charge in [-0.1, -0.05) is 91.0 Å². The Morgan fingerprint density at radius 1 is 0.536 bits per heavy atom. The largest absolute Gasteiger partial charge is 0.508 e. The molecule has 0 amide bonds. The first kappa shape index (κ1) is 16.5. The standard InChI is InChI=1S/C26H18O2/c27-20-16-14-19(15-17-20)26(18-8-2-1-3-9-18)23-12-6-4-10-21(23)25(28)22-11-5-7-13-24(22)26/h1-17,27H. The maximum atomic E-state index is 13.3. The summed E-state index contributed by atoms with van der Waals surface area (Å²) < 4.78 is 0. The molecule has 4 aromatic rings. The van der Waals surface area contributed by atoms with Gasteiger partial charge in [0.1, 0.15) is 5.75 Å². The first-order valence-corrected chi connectivity index (χ1v) is 9.31. The summed E-state index contributed by atoms with van der Waals surface area (Å²) in [5.74, 6) is 0.275. The first-order chi connectivity index (χ1) is 13.7. The minimum Gasteiger partial charge on any atom is -0.508 e. The van der Waals surface area contributed by atoms with Crippen molar-refractivity contribution in [2.24, 2.45) is 0 Å². The third-order valence-electron chi connectivity index (χ3n) is 5.66. The molecule has 0 bridgehead atoms. The highest BCUT2D eigenvalue weighted by molar-refractivity contribution is 6.14. The van der Waals surface area contributed by atoms with Crippen LogP contribution in [0.1, 0.15) is 38.2 Å². The van der Waals surface area contributed by atoms with Gasteiger partial charge in [-0.05, 0) is 34.4 Å². The van der Waals surface area contributed by atoms with E-state index in [4.69, 9.17) is 0 Å². The number of rotatable bonds is 2. The zero-order valence-corrected chi connectivity index (χ0v) is 15.2. The number of phenols is 1. The molecule has 0 fully saturated rings. The maximum Gasteiger partial charge on any atom is 0.193 e. The van der Waals surface area contributed by atoms with Crippen LogP contribution in [-0.4, -0.2) is 10.9 Å². The Bertz CT molecular complexity index is 1120. The monoisotopic (exact) mass is 362 g/mol. The zero-order chi connectivity index (χ0) is 19.1. The number of hydrogen-bond donors (Lipinski definition) is 1. The molecule has 0 unspecified atom stereocenters.